The summed E-state index contributed by atoms with van der Waals surface area (Å²) in [5.74, 6) is 0.623. The molecule has 0 unspecified atom stereocenters. The second-order valence-corrected chi connectivity index (χ2v) is 9.14. The standard InChI is InChI=1S/C28H37N3O/c32-28(27-15-19-29(20-16-27)17-7-13-25-9-3-1-4-10-25)31-23-21-30(22-24-31)18-8-14-26-11-5-2-6-12-26/h1-6,8-12,14,27H,7,13,15-24H2/b14-8+. The topological polar surface area (TPSA) is 26.8 Å². The maximum absolute atomic E-state index is 13.0. The number of rotatable bonds is 8. The Hall–Kier alpha value is -2.43. The van der Waals surface area contributed by atoms with E-state index in [1.54, 1.807) is 0 Å². The molecule has 32 heavy (non-hydrogen) atoms. The van der Waals surface area contributed by atoms with Crippen LogP contribution >= 0.6 is 0 Å². The molecule has 0 saturated carbocycles. The number of aryl methyl sites for hydroxylation is 1. The Balaban J connectivity index is 1.12. The van der Waals surface area contributed by atoms with Crippen molar-refractivity contribution in [2.75, 3.05) is 52.4 Å². The SMILES string of the molecule is O=C(C1CCN(CCCc2ccccc2)CC1)N1CCN(C/C=C/c2ccccc2)CC1. The Morgan fingerprint density at radius 2 is 1.47 bits per heavy atom. The van der Waals surface area contributed by atoms with Crippen LogP contribution in [-0.4, -0.2) is 73.0 Å². The molecule has 2 fully saturated rings. The summed E-state index contributed by atoms with van der Waals surface area (Å²) in [6.07, 6.45) is 8.80. The average Bonchev–Trinajstić information content (AvgIpc) is 2.86. The van der Waals surface area contributed by atoms with Crippen molar-refractivity contribution >= 4 is 12.0 Å². The molecule has 2 heterocycles. The number of carbonyl (C=O) groups is 1. The van der Waals surface area contributed by atoms with Crippen molar-refractivity contribution < 1.29 is 4.79 Å². The quantitative estimate of drug-likeness (QED) is 0.627. The number of benzene rings is 2. The maximum Gasteiger partial charge on any atom is 0.225 e. The molecule has 0 spiro atoms. The number of piperazine rings is 1. The molecule has 0 aliphatic carbocycles. The normalized spacial score (nSPS) is 18.9. The van der Waals surface area contributed by atoms with E-state index in [0.717, 1.165) is 71.6 Å². The molecular weight excluding hydrogens is 394 g/mol. The van der Waals surface area contributed by atoms with E-state index in [1.165, 1.54) is 17.5 Å². The van der Waals surface area contributed by atoms with E-state index in [9.17, 15) is 4.79 Å². The summed E-state index contributed by atoms with van der Waals surface area (Å²) in [7, 11) is 0. The van der Waals surface area contributed by atoms with Gasteiger partial charge in [-0.05, 0) is 56.4 Å². The van der Waals surface area contributed by atoms with Crippen LogP contribution in [0.25, 0.3) is 6.08 Å². The zero-order chi connectivity index (χ0) is 22.0. The van der Waals surface area contributed by atoms with Gasteiger partial charge in [0.2, 0.25) is 5.91 Å². The van der Waals surface area contributed by atoms with Gasteiger partial charge in [0.1, 0.15) is 0 Å². The van der Waals surface area contributed by atoms with Gasteiger partial charge in [0, 0.05) is 38.6 Å². The first-order chi connectivity index (χ1) is 15.8. The van der Waals surface area contributed by atoms with Crippen molar-refractivity contribution in [3.8, 4) is 0 Å². The summed E-state index contributed by atoms with van der Waals surface area (Å²) < 4.78 is 0. The molecule has 2 saturated heterocycles. The highest BCUT2D eigenvalue weighted by Crippen LogP contribution is 2.21. The van der Waals surface area contributed by atoms with Crippen LogP contribution in [-0.2, 0) is 11.2 Å². The predicted octanol–water partition coefficient (Wildman–Crippen LogP) is 4.19. The van der Waals surface area contributed by atoms with E-state index < -0.39 is 0 Å². The second-order valence-electron chi connectivity index (χ2n) is 9.14. The van der Waals surface area contributed by atoms with Crippen LogP contribution < -0.4 is 0 Å². The predicted molar refractivity (Wildman–Crippen MR) is 132 cm³/mol. The van der Waals surface area contributed by atoms with Gasteiger partial charge in [-0.1, -0.05) is 72.8 Å². The number of hydrogen-bond donors (Lipinski definition) is 0. The first-order valence-electron chi connectivity index (χ1n) is 12.3. The second kappa shape index (κ2) is 12.0. The lowest BCUT2D eigenvalue weighted by Gasteiger charge is -2.38. The Bertz CT molecular complexity index is 835. The van der Waals surface area contributed by atoms with Crippen LogP contribution in [0.3, 0.4) is 0 Å². The molecule has 0 bridgehead atoms. The molecular formula is C28H37N3O. The van der Waals surface area contributed by atoms with Crippen molar-refractivity contribution in [2.24, 2.45) is 5.92 Å². The van der Waals surface area contributed by atoms with Crippen LogP contribution in [0.5, 0.6) is 0 Å². The molecule has 1 amide bonds. The molecule has 4 heteroatoms. The van der Waals surface area contributed by atoms with Crippen molar-refractivity contribution in [1.82, 2.24) is 14.7 Å². The molecule has 0 N–H and O–H groups in total. The van der Waals surface area contributed by atoms with Crippen LogP contribution in [0, 0.1) is 5.92 Å². The third kappa shape index (κ3) is 6.78. The van der Waals surface area contributed by atoms with Gasteiger partial charge in [-0.25, -0.2) is 0 Å². The number of likely N-dealkylation sites (tertiary alicyclic amines) is 1. The molecule has 2 aliphatic heterocycles. The lowest BCUT2D eigenvalue weighted by atomic mass is 9.94. The van der Waals surface area contributed by atoms with E-state index in [-0.39, 0.29) is 5.92 Å². The van der Waals surface area contributed by atoms with Crippen LogP contribution in [0.15, 0.2) is 66.7 Å². The molecule has 4 nitrogen and oxygen atoms in total. The molecule has 170 valence electrons. The maximum atomic E-state index is 13.0. The molecule has 2 aliphatic rings. The third-order valence-corrected chi connectivity index (χ3v) is 6.88. The highest BCUT2D eigenvalue weighted by atomic mass is 16.2. The van der Waals surface area contributed by atoms with Crippen molar-refractivity contribution in [2.45, 2.75) is 25.7 Å². The summed E-state index contributed by atoms with van der Waals surface area (Å²) in [6, 6.07) is 21.2. The van der Waals surface area contributed by atoms with Gasteiger partial charge in [-0.3, -0.25) is 9.69 Å². The Morgan fingerprint density at radius 3 is 2.16 bits per heavy atom. The first-order valence-corrected chi connectivity index (χ1v) is 12.3. The van der Waals surface area contributed by atoms with Gasteiger partial charge in [0.25, 0.3) is 0 Å². The monoisotopic (exact) mass is 431 g/mol. The Labute approximate surface area is 193 Å². The summed E-state index contributed by atoms with van der Waals surface area (Å²) >= 11 is 0. The van der Waals surface area contributed by atoms with Crippen LogP contribution in [0.4, 0.5) is 0 Å². The Morgan fingerprint density at radius 1 is 0.812 bits per heavy atom. The van der Waals surface area contributed by atoms with Gasteiger partial charge < -0.3 is 9.80 Å². The summed E-state index contributed by atoms with van der Waals surface area (Å²) in [5, 5.41) is 0. The number of amides is 1. The fourth-order valence-electron chi connectivity index (χ4n) is 4.87. The molecule has 0 atom stereocenters. The average molecular weight is 432 g/mol. The van der Waals surface area contributed by atoms with E-state index in [4.69, 9.17) is 0 Å². The van der Waals surface area contributed by atoms with Crippen molar-refractivity contribution in [3.05, 3.63) is 77.9 Å². The number of hydrogen-bond acceptors (Lipinski definition) is 3. The van der Waals surface area contributed by atoms with E-state index in [1.807, 2.05) is 6.07 Å². The summed E-state index contributed by atoms with van der Waals surface area (Å²) in [5.41, 5.74) is 2.67. The van der Waals surface area contributed by atoms with Crippen molar-refractivity contribution in [3.63, 3.8) is 0 Å². The lowest BCUT2D eigenvalue weighted by Crippen LogP contribution is -2.51. The van der Waals surface area contributed by atoms with E-state index in [0.29, 0.717) is 5.91 Å². The first kappa shape index (κ1) is 22.8. The molecule has 4 rings (SSSR count). The van der Waals surface area contributed by atoms with Crippen LogP contribution in [0.2, 0.25) is 0 Å². The summed E-state index contributed by atoms with van der Waals surface area (Å²) in [6.45, 7) is 7.92. The molecule has 2 aromatic carbocycles. The van der Waals surface area contributed by atoms with Gasteiger partial charge in [-0.2, -0.15) is 0 Å². The minimum atomic E-state index is 0.227. The highest BCUT2D eigenvalue weighted by molar-refractivity contribution is 5.79. The van der Waals surface area contributed by atoms with E-state index in [2.05, 4.69) is 81.4 Å². The fraction of sp³-hybridized carbons (Fsp3) is 0.464. The van der Waals surface area contributed by atoms with Crippen LogP contribution in [0.1, 0.15) is 30.4 Å². The molecule has 2 aromatic rings. The smallest absolute Gasteiger partial charge is 0.225 e. The third-order valence-electron chi connectivity index (χ3n) is 6.88. The number of carbonyl (C=O) groups excluding carboxylic acids is 1. The zero-order valence-corrected chi connectivity index (χ0v) is 19.2. The van der Waals surface area contributed by atoms with Gasteiger partial charge in [0.15, 0.2) is 0 Å². The molecule has 0 aromatic heterocycles. The largest absolute Gasteiger partial charge is 0.340 e. The highest BCUT2D eigenvalue weighted by Gasteiger charge is 2.30. The minimum Gasteiger partial charge on any atom is -0.340 e. The van der Waals surface area contributed by atoms with Crippen molar-refractivity contribution in [1.29, 1.82) is 0 Å². The molecule has 0 radical (unpaired) electrons. The van der Waals surface area contributed by atoms with Gasteiger partial charge >= 0.3 is 0 Å². The number of piperidine rings is 1. The summed E-state index contributed by atoms with van der Waals surface area (Å²) in [4.78, 5) is 20.1. The lowest BCUT2D eigenvalue weighted by molar-refractivity contribution is -0.138. The zero-order valence-electron chi connectivity index (χ0n) is 19.2. The fourth-order valence-corrected chi connectivity index (χ4v) is 4.87. The minimum absolute atomic E-state index is 0.227. The van der Waals surface area contributed by atoms with Gasteiger partial charge in [-0.15, -0.1) is 0 Å². The van der Waals surface area contributed by atoms with Gasteiger partial charge in [0.05, 0.1) is 0 Å². The van der Waals surface area contributed by atoms with E-state index >= 15 is 0 Å². The number of nitrogens with zero attached hydrogens (tertiary/aromatic N) is 3. The Kier molecular flexibility index (Phi) is 8.52.